The molecule has 31 heavy (non-hydrogen) atoms. The molecule has 0 spiro atoms. The Morgan fingerprint density at radius 2 is 2.03 bits per heavy atom. The van der Waals surface area contributed by atoms with Crippen LogP contribution in [0.1, 0.15) is 53.4 Å². The predicted octanol–water partition coefficient (Wildman–Crippen LogP) is 3.58. The molecule has 0 fully saturated rings. The van der Waals surface area contributed by atoms with Gasteiger partial charge in [0.25, 0.3) is 5.91 Å². The third kappa shape index (κ3) is 3.88. The van der Waals surface area contributed by atoms with E-state index in [0.29, 0.717) is 17.0 Å². The molecule has 3 aromatic heterocycles. The smallest absolute Gasteiger partial charge is 0.254 e. The second kappa shape index (κ2) is 8.22. The SMILES string of the molecule is COc1cccc([C@@H](NC(=O)c2cc3cnn(C(C)C)c3nc2C)c2nccn2C)c1. The molecule has 160 valence electrons. The summed E-state index contributed by atoms with van der Waals surface area (Å²) in [6.07, 6.45) is 5.32. The predicted molar refractivity (Wildman–Crippen MR) is 118 cm³/mol. The number of benzene rings is 1. The molecule has 0 unspecified atom stereocenters. The van der Waals surface area contributed by atoms with E-state index in [9.17, 15) is 4.79 Å². The summed E-state index contributed by atoms with van der Waals surface area (Å²) in [7, 11) is 3.52. The molecule has 0 saturated heterocycles. The van der Waals surface area contributed by atoms with Gasteiger partial charge in [-0.3, -0.25) is 4.79 Å². The maximum absolute atomic E-state index is 13.3. The summed E-state index contributed by atoms with van der Waals surface area (Å²) >= 11 is 0. The summed E-state index contributed by atoms with van der Waals surface area (Å²) in [5.74, 6) is 1.22. The molecule has 8 heteroatoms. The van der Waals surface area contributed by atoms with Gasteiger partial charge in [0.15, 0.2) is 5.65 Å². The van der Waals surface area contributed by atoms with Crippen LogP contribution in [0, 0.1) is 6.92 Å². The molecule has 4 aromatic rings. The van der Waals surface area contributed by atoms with Gasteiger partial charge < -0.3 is 14.6 Å². The largest absolute Gasteiger partial charge is 0.497 e. The summed E-state index contributed by atoms with van der Waals surface area (Å²) in [4.78, 5) is 22.5. The lowest BCUT2D eigenvalue weighted by Gasteiger charge is -2.20. The molecule has 3 heterocycles. The fourth-order valence-electron chi connectivity index (χ4n) is 3.66. The van der Waals surface area contributed by atoms with E-state index in [1.807, 2.05) is 59.7 Å². The molecule has 0 saturated carbocycles. The third-order valence-electron chi connectivity index (χ3n) is 5.31. The molecule has 4 rings (SSSR count). The lowest BCUT2D eigenvalue weighted by Crippen LogP contribution is -2.31. The number of hydrogen-bond donors (Lipinski definition) is 1. The minimum Gasteiger partial charge on any atom is -0.497 e. The van der Waals surface area contributed by atoms with E-state index in [-0.39, 0.29) is 11.9 Å². The van der Waals surface area contributed by atoms with E-state index in [0.717, 1.165) is 22.4 Å². The van der Waals surface area contributed by atoms with Gasteiger partial charge in [0.1, 0.15) is 17.6 Å². The standard InChI is InChI=1S/C23H26N6O2/c1-14(2)29-21-17(13-25-29)12-19(15(3)26-21)23(30)27-20(22-24-9-10-28(22)4)16-7-6-8-18(11-16)31-5/h6-14,20H,1-5H3,(H,27,30)/t20-/m1/s1. The van der Waals surface area contributed by atoms with Crippen molar-refractivity contribution in [3.63, 3.8) is 0 Å². The Morgan fingerprint density at radius 3 is 2.71 bits per heavy atom. The first-order valence-corrected chi connectivity index (χ1v) is 10.2. The first-order valence-electron chi connectivity index (χ1n) is 10.2. The Kier molecular flexibility index (Phi) is 5.46. The van der Waals surface area contributed by atoms with Crippen LogP contribution < -0.4 is 10.1 Å². The molecule has 0 radical (unpaired) electrons. The zero-order chi connectivity index (χ0) is 22.1. The van der Waals surface area contributed by atoms with Crippen LogP contribution in [-0.2, 0) is 7.05 Å². The van der Waals surface area contributed by atoms with Crippen LogP contribution in [0.3, 0.4) is 0 Å². The van der Waals surface area contributed by atoms with Gasteiger partial charge in [0.05, 0.1) is 24.6 Å². The van der Waals surface area contributed by atoms with Crippen molar-refractivity contribution in [2.24, 2.45) is 7.05 Å². The molecule has 1 N–H and O–H groups in total. The quantitative estimate of drug-likeness (QED) is 0.517. The molecule has 8 nitrogen and oxygen atoms in total. The Balaban J connectivity index is 1.72. The fourth-order valence-corrected chi connectivity index (χ4v) is 3.66. The summed E-state index contributed by atoms with van der Waals surface area (Å²) < 4.78 is 9.12. The van der Waals surface area contributed by atoms with Crippen molar-refractivity contribution in [2.45, 2.75) is 32.9 Å². The van der Waals surface area contributed by atoms with Crippen LogP contribution in [0.4, 0.5) is 0 Å². The second-order valence-corrected chi connectivity index (χ2v) is 7.80. The zero-order valence-corrected chi connectivity index (χ0v) is 18.3. The second-order valence-electron chi connectivity index (χ2n) is 7.80. The van der Waals surface area contributed by atoms with E-state index in [1.54, 1.807) is 19.5 Å². The van der Waals surface area contributed by atoms with Gasteiger partial charge in [-0.2, -0.15) is 5.10 Å². The van der Waals surface area contributed by atoms with Crippen LogP contribution in [0.25, 0.3) is 11.0 Å². The third-order valence-corrected chi connectivity index (χ3v) is 5.31. The van der Waals surface area contributed by atoms with Gasteiger partial charge in [0.2, 0.25) is 0 Å². The highest BCUT2D eigenvalue weighted by molar-refractivity contribution is 5.98. The number of aryl methyl sites for hydroxylation is 2. The van der Waals surface area contributed by atoms with Gasteiger partial charge in [-0.15, -0.1) is 0 Å². The summed E-state index contributed by atoms with van der Waals surface area (Å²) in [6, 6.07) is 9.20. The van der Waals surface area contributed by atoms with Crippen molar-refractivity contribution < 1.29 is 9.53 Å². The van der Waals surface area contributed by atoms with Gasteiger partial charge in [0, 0.05) is 30.9 Å². The normalized spacial score (nSPS) is 12.3. The first-order chi connectivity index (χ1) is 14.9. The number of pyridine rings is 1. The van der Waals surface area contributed by atoms with Crippen molar-refractivity contribution in [2.75, 3.05) is 7.11 Å². The fraction of sp³-hybridized carbons (Fsp3) is 0.304. The average molecular weight is 419 g/mol. The van der Waals surface area contributed by atoms with Crippen LogP contribution in [0.5, 0.6) is 5.75 Å². The molecular formula is C23H26N6O2. The number of carbonyl (C=O) groups excluding carboxylic acids is 1. The highest BCUT2D eigenvalue weighted by atomic mass is 16.5. The van der Waals surface area contributed by atoms with Gasteiger partial charge in [-0.1, -0.05) is 12.1 Å². The maximum atomic E-state index is 13.3. The van der Waals surface area contributed by atoms with Crippen molar-refractivity contribution in [1.29, 1.82) is 0 Å². The Morgan fingerprint density at radius 1 is 1.23 bits per heavy atom. The van der Waals surface area contributed by atoms with E-state index in [4.69, 9.17) is 4.74 Å². The minimum atomic E-state index is -0.448. The molecule has 1 amide bonds. The molecule has 0 aliphatic rings. The van der Waals surface area contributed by atoms with Gasteiger partial charge >= 0.3 is 0 Å². The number of aromatic nitrogens is 5. The van der Waals surface area contributed by atoms with Crippen LogP contribution >= 0.6 is 0 Å². The Labute approximate surface area is 180 Å². The number of imidazole rings is 1. The Hall–Kier alpha value is -3.68. The highest BCUT2D eigenvalue weighted by Crippen LogP contribution is 2.26. The number of nitrogens with zero attached hydrogens (tertiary/aromatic N) is 5. The summed E-state index contributed by atoms with van der Waals surface area (Å²) in [5.41, 5.74) is 2.81. The van der Waals surface area contributed by atoms with Gasteiger partial charge in [-0.25, -0.2) is 14.6 Å². The molecule has 1 aromatic carbocycles. The van der Waals surface area contributed by atoms with Crippen molar-refractivity contribution in [1.82, 2.24) is 29.6 Å². The zero-order valence-electron chi connectivity index (χ0n) is 18.3. The van der Waals surface area contributed by atoms with E-state index in [2.05, 4.69) is 34.2 Å². The summed E-state index contributed by atoms with van der Waals surface area (Å²) in [5, 5.41) is 8.38. The first kappa shape index (κ1) is 20.6. The number of carbonyl (C=O) groups is 1. The van der Waals surface area contributed by atoms with Crippen molar-refractivity contribution >= 4 is 16.9 Å². The lowest BCUT2D eigenvalue weighted by atomic mass is 10.0. The number of methoxy groups -OCH3 is 1. The van der Waals surface area contributed by atoms with Gasteiger partial charge in [-0.05, 0) is 44.5 Å². The van der Waals surface area contributed by atoms with E-state index in [1.165, 1.54) is 0 Å². The van der Waals surface area contributed by atoms with Crippen molar-refractivity contribution in [3.05, 3.63) is 71.6 Å². The molecule has 0 aliphatic carbocycles. The minimum absolute atomic E-state index is 0.185. The number of amides is 1. The molecular weight excluding hydrogens is 392 g/mol. The Bertz CT molecular complexity index is 1240. The number of rotatable bonds is 6. The maximum Gasteiger partial charge on any atom is 0.254 e. The van der Waals surface area contributed by atoms with E-state index < -0.39 is 6.04 Å². The number of fused-ring (bicyclic) bond motifs is 1. The highest BCUT2D eigenvalue weighted by Gasteiger charge is 2.24. The average Bonchev–Trinajstić information content (AvgIpc) is 3.37. The molecule has 0 bridgehead atoms. The van der Waals surface area contributed by atoms with Crippen molar-refractivity contribution in [3.8, 4) is 5.75 Å². The number of ether oxygens (including phenoxy) is 1. The van der Waals surface area contributed by atoms with E-state index >= 15 is 0 Å². The van der Waals surface area contributed by atoms with Crippen LogP contribution in [0.15, 0.2) is 48.9 Å². The number of nitrogens with one attached hydrogen (secondary N) is 1. The van der Waals surface area contributed by atoms with Crippen LogP contribution in [-0.4, -0.2) is 37.3 Å². The topological polar surface area (TPSA) is 86.9 Å². The molecule has 0 aliphatic heterocycles. The molecule has 1 atom stereocenters. The summed E-state index contributed by atoms with van der Waals surface area (Å²) in [6.45, 7) is 5.94. The number of hydrogen-bond acceptors (Lipinski definition) is 5. The monoisotopic (exact) mass is 418 g/mol. The van der Waals surface area contributed by atoms with Crippen LogP contribution in [0.2, 0.25) is 0 Å². The lowest BCUT2D eigenvalue weighted by molar-refractivity contribution is 0.0940.